The second-order valence-electron chi connectivity index (χ2n) is 8.92. The molecule has 0 amide bonds. The molecule has 0 unspecified atom stereocenters. The Balaban J connectivity index is 1.49. The molecule has 1 aliphatic rings. The molecular weight excluding hydrogens is 450 g/mol. The number of rotatable bonds is 8. The van der Waals surface area contributed by atoms with Crippen molar-refractivity contribution in [1.82, 2.24) is 14.9 Å². The number of quaternary nitrogens is 1. The third-order valence-corrected chi connectivity index (χ3v) is 6.54. The van der Waals surface area contributed by atoms with E-state index in [0.29, 0.717) is 12.2 Å². The lowest BCUT2D eigenvalue weighted by molar-refractivity contribution is -0.386. The Labute approximate surface area is 211 Å². The number of hydrogen-bond acceptors (Lipinski definition) is 6. The molecule has 0 spiro atoms. The maximum absolute atomic E-state index is 13.1. The topological polar surface area (TPSA) is 101 Å². The van der Waals surface area contributed by atoms with Gasteiger partial charge in [0.25, 0.3) is 0 Å². The summed E-state index contributed by atoms with van der Waals surface area (Å²) in [6.45, 7) is 5.55. The summed E-state index contributed by atoms with van der Waals surface area (Å²) in [4.78, 5) is 16.1. The summed E-state index contributed by atoms with van der Waals surface area (Å²) in [5, 5.41) is 13.8. The number of pyridine rings is 2. The molecule has 2 aromatic heterocycles. The van der Waals surface area contributed by atoms with Gasteiger partial charge in [0.05, 0.1) is 36.7 Å². The van der Waals surface area contributed by atoms with E-state index < -0.39 is 0 Å². The molecule has 2 aromatic carbocycles. The highest BCUT2D eigenvalue weighted by Crippen LogP contribution is 2.34. The molecule has 0 saturated carbocycles. The summed E-state index contributed by atoms with van der Waals surface area (Å²) >= 11 is 0. The minimum atomic E-state index is -0.295. The normalized spacial score (nSPS) is 14.9. The van der Waals surface area contributed by atoms with E-state index in [-0.39, 0.29) is 5.90 Å². The van der Waals surface area contributed by atoms with Crippen LogP contribution in [0.5, 0.6) is 0 Å². The van der Waals surface area contributed by atoms with E-state index in [1.165, 1.54) is 5.56 Å². The van der Waals surface area contributed by atoms with Crippen LogP contribution < -0.4 is 10.8 Å². The van der Waals surface area contributed by atoms with Gasteiger partial charge in [0.1, 0.15) is 0 Å². The average molecular weight is 482 g/mol. The fourth-order valence-corrected chi connectivity index (χ4v) is 4.53. The van der Waals surface area contributed by atoms with Crippen LogP contribution in [0.2, 0.25) is 0 Å². The lowest BCUT2D eigenvalue weighted by Gasteiger charge is -2.26. The van der Waals surface area contributed by atoms with Gasteiger partial charge in [0, 0.05) is 60.4 Å². The molecule has 184 valence electrons. The van der Waals surface area contributed by atoms with Crippen LogP contribution in [0.4, 0.5) is 0 Å². The first-order valence-electron chi connectivity index (χ1n) is 12.5. The van der Waals surface area contributed by atoms with E-state index in [1.807, 2.05) is 30.3 Å². The largest absolute Gasteiger partial charge is 0.857 e. The van der Waals surface area contributed by atoms with Crippen LogP contribution in [0.25, 0.3) is 33.3 Å². The predicted octanol–water partition coefficient (Wildman–Crippen LogP) is 2.53. The fraction of sp³-hybridized carbons (Fsp3) is 0.276. The molecule has 0 bridgehead atoms. The summed E-state index contributed by atoms with van der Waals surface area (Å²) in [6.07, 6.45) is 2.47. The van der Waals surface area contributed by atoms with Crippen molar-refractivity contribution in [3.63, 3.8) is 0 Å². The summed E-state index contributed by atoms with van der Waals surface area (Å²) in [5.74, 6) is -0.295. The molecule has 7 nitrogen and oxygen atoms in total. The number of aromatic nitrogens is 2. The molecule has 36 heavy (non-hydrogen) atoms. The minimum Gasteiger partial charge on any atom is -0.857 e. The van der Waals surface area contributed by atoms with E-state index >= 15 is 0 Å². The first-order chi connectivity index (χ1) is 17.7. The van der Waals surface area contributed by atoms with Crippen LogP contribution in [-0.4, -0.2) is 60.2 Å². The maximum atomic E-state index is 13.1. The molecule has 0 aliphatic carbocycles. The van der Waals surface area contributed by atoms with Crippen LogP contribution in [0, 0.1) is 0 Å². The van der Waals surface area contributed by atoms with Crippen molar-refractivity contribution in [3.05, 3.63) is 84.2 Å². The average Bonchev–Trinajstić information content (AvgIpc) is 2.95. The quantitative estimate of drug-likeness (QED) is 0.237. The Kier molecular flexibility index (Phi) is 7.61. The summed E-state index contributed by atoms with van der Waals surface area (Å²) in [6, 6.07) is 22.3. The lowest BCUT2D eigenvalue weighted by Crippen LogP contribution is -2.47. The summed E-state index contributed by atoms with van der Waals surface area (Å²) in [7, 11) is 0. The van der Waals surface area contributed by atoms with Gasteiger partial charge in [-0.15, -0.1) is 0 Å². The zero-order valence-electron chi connectivity index (χ0n) is 20.4. The third kappa shape index (κ3) is 5.44. The molecule has 4 aromatic rings. The van der Waals surface area contributed by atoms with Gasteiger partial charge in [-0.05, 0) is 24.1 Å². The van der Waals surface area contributed by atoms with Crippen molar-refractivity contribution < 1.29 is 15.6 Å². The molecule has 3 N–H and O–H groups in total. The van der Waals surface area contributed by atoms with Gasteiger partial charge in [-0.3, -0.25) is 14.9 Å². The Hall–Kier alpha value is -3.65. The first-order valence-corrected chi connectivity index (χ1v) is 12.5. The first kappa shape index (κ1) is 24.1. The van der Waals surface area contributed by atoms with E-state index in [0.717, 1.165) is 79.1 Å². The summed E-state index contributed by atoms with van der Waals surface area (Å²) in [5.41, 5.74) is 10.1. The fourth-order valence-electron chi connectivity index (χ4n) is 4.53. The van der Waals surface area contributed by atoms with Gasteiger partial charge < -0.3 is 15.6 Å². The minimum absolute atomic E-state index is 0.295. The zero-order chi connectivity index (χ0) is 24.7. The Morgan fingerprint density at radius 2 is 1.78 bits per heavy atom. The van der Waals surface area contributed by atoms with E-state index in [1.54, 1.807) is 6.20 Å². The Morgan fingerprint density at radius 1 is 1.00 bits per heavy atom. The van der Waals surface area contributed by atoms with Gasteiger partial charge >= 0.3 is 0 Å². The van der Waals surface area contributed by atoms with Gasteiger partial charge in [0.15, 0.2) is 0 Å². The van der Waals surface area contributed by atoms with Crippen molar-refractivity contribution in [2.24, 2.45) is 4.99 Å². The van der Waals surface area contributed by atoms with Crippen LogP contribution >= 0.6 is 0 Å². The van der Waals surface area contributed by atoms with Crippen molar-refractivity contribution in [2.45, 2.75) is 13.0 Å². The lowest BCUT2D eigenvalue weighted by atomic mass is 9.96. The number of fused-ring (bicyclic) bond motifs is 1. The molecule has 5 rings (SSSR count). The SMILES string of the molecule is [NH3+]Cc1ccc(-c2nc3ccnc(C([O-])=NCCCN4CCOCC4)c3cc2-c2ccccc2)cc1. The highest BCUT2D eigenvalue weighted by atomic mass is 16.5. The highest BCUT2D eigenvalue weighted by Gasteiger charge is 2.14. The molecular formula is C29H31N5O2. The standard InChI is InChI=1S/C29H31N5O2/c30-20-21-7-9-23(10-8-21)27-24(22-5-2-1-3-6-22)19-25-26(33-27)11-13-31-28(25)29(35)32-12-4-14-34-15-17-36-18-16-34/h1-3,5-11,13,19H,4,12,14-18,20,30H2,(H,32,35). The molecule has 7 heteroatoms. The van der Waals surface area contributed by atoms with Gasteiger partial charge in [-0.2, -0.15) is 0 Å². The van der Waals surface area contributed by atoms with Gasteiger partial charge in [0.2, 0.25) is 0 Å². The van der Waals surface area contributed by atoms with E-state index in [2.05, 4.69) is 57.0 Å². The second-order valence-corrected chi connectivity index (χ2v) is 8.92. The molecule has 0 radical (unpaired) electrons. The Morgan fingerprint density at radius 3 is 2.53 bits per heavy atom. The van der Waals surface area contributed by atoms with Crippen LogP contribution in [-0.2, 0) is 11.3 Å². The van der Waals surface area contributed by atoms with Crippen molar-refractivity contribution in [3.8, 4) is 22.4 Å². The van der Waals surface area contributed by atoms with E-state index in [4.69, 9.17) is 9.72 Å². The van der Waals surface area contributed by atoms with Gasteiger partial charge in [-0.1, -0.05) is 54.6 Å². The zero-order valence-corrected chi connectivity index (χ0v) is 20.4. The van der Waals surface area contributed by atoms with E-state index in [9.17, 15) is 5.11 Å². The highest BCUT2D eigenvalue weighted by molar-refractivity contribution is 6.04. The Bertz CT molecular complexity index is 1330. The van der Waals surface area contributed by atoms with Gasteiger partial charge in [-0.25, -0.2) is 4.98 Å². The molecule has 0 atom stereocenters. The number of aliphatic imine (C=N–C) groups is 1. The number of morpholine rings is 1. The predicted molar refractivity (Wildman–Crippen MR) is 140 cm³/mol. The van der Waals surface area contributed by atoms with Crippen LogP contribution in [0.15, 0.2) is 77.9 Å². The molecule has 1 aliphatic heterocycles. The number of hydrogen-bond donors (Lipinski definition) is 1. The monoisotopic (exact) mass is 481 g/mol. The number of ether oxygens (including phenoxy) is 1. The van der Waals surface area contributed by atoms with Crippen molar-refractivity contribution in [2.75, 3.05) is 39.4 Å². The molecule has 1 fully saturated rings. The van der Waals surface area contributed by atoms with Crippen LogP contribution in [0.1, 0.15) is 17.7 Å². The molecule has 1 saturated heterocycles. The van der Waals surface area contributed by atoms with Crippen molar-refractivity contribution >= 4 is 16.8 Å². The van der Waals surface area contributed by atoms with Crippen molar-refractivity contribution in [1.29, 1.82) is 0 Å². The number of nitrogens with zero attached hydrogens (tertiary/aromatic N) is 4. The third-order valence-electron chi connectivity index (χ3n) is 6.54. The second kappa shape index (κ2) is 11.4. The summed E-state index contributed by atoms with van der Waals surface area (Å²) < 4.78 is 5.40. The molecule has 3 heterocycles. The van der Waals surface area contributed by atoms with Crippen LogP contribution in [0.3, 0.4) is 0 Å². The number of benzene rings is 2. The smallest absolute Gasteiger partial charge is 0.0997 e. The maximum Gasteiger partial charge on any atom is 0.0997 e.